The second-order valence-electron chi connectivity index (χ2n) is 6.14. The zero-order valence-electron chi connectivity index (χ0n) is 15.1. The van der Waals surface area contributed by atoms with Gasteiger partial charge in [0.05, 0.1) is 5.69 Å². The quantitative estimate of drug-likeness (QED) is 0.242. The van der Waals surface area contributed by atoms with Crippen molar-refractivity contribution in [3.63, 3.8) is 0 Å². The van der Waals surface area contributed by atoms with Gasteiger partial charge in [0, 0.05) is 54.5 Å². The number of pyridine rings is 1. The van der Waals surface area contributed by atoms with Crippen LogP contribution in [-0.4, -0.2) is 58.4 Å². The van der Waals surface area contributed by atoms with Gasteiger partial charge in [-0.2, -0.15) is 0 Å². The second kappa shape index (κ2) is 9.90. The van der Waals surface area contributed by atoms with E-state index in [1.807, 2.05) is 24.3 Å². The van der Waals surface area contributed by atoms with Gasteiger partial charge in [-0.1, -0.05) is 11.6 Å². The Kier molecular flexibility index (Phi) is 7.30. The highest BCUT2D eigenvalue weighted by molar-refractivity contribution is 7.99. The van der Waals surface area contributed by atoms with Crippen molar-refractivity contribution in [3.8, 4) is 0 Å². The number of benzene rings is 1. The summed E-state index contributed by atoms with van der Waals surface area (Å²) in [5, 5.41) is 15.5. The summed E-state index contributed by atoms with van der Waals surface area (Å²) in [5.41, 5.74) is 0.892. The molecular formula is C18H20ClN5O2S2. The maximum atomic E-state index is 10.7. The summed E-state index contributed by atoms with van der Waals surface area (Å²) in [6.45, 7) is 3.97. The summed E-state index contributed by atoms with van der Waals surface area (Å²) in [6.07, 6.45) is 1.55. The van der Waals surface area contributed by atoms with Gasteiger partial charge in [-0.15, -0.1) is 11.8 Å². The summed E-state index contributed by atoms with van der Waals surface area (Å²) < 4.78 is 0. The molecule has 1 aliphatic rings. The minimum atomic E-state index is -0.489. The number of nitro groups is 1. The fourth-order valence-electron chi connectivity index (χ4n) is 2.81. The molecule has 0 radical (unpaired) electrons. The van der Waals surface area contributed by atoms with E-state index in [4.69, 9.17) is 23.8 Å². The molecule has 1 aromatic carbocycles. The van der Waals surface area contributed by atoms with Gasteiger partial charge in [0.2, 0.25) is 0 Å². The van der Waals surface area contributed by atoms with Crippen molar-refractivity contribution in [1.82, 2.24) is 15.2 Å². The maximum absolute atomic E-state index is 10.7. The third kappa shape index (κ3) is 5.70. The van der Waals surface area contributed by atoms with Crippen LogP contribution in [0.1, 0.15) is 0 Å². The molecule has 0 amide bonds. The number of piperazine rings is 1. The van der Waals surface area contributed by atoms with E-state index in [-0.39, 0.29) is 5.82 Å². The SMILES string of the molecule is O=[N+]([O-])c1ccc(N2CCN(C(=S)NCCSc3ccc(Cl)cc3)CC2)cn1. The van der Waals surface area contributed by atoms with E-state index in [1.165, 1.54) is 11.0 Å². The van der Waals surface area contributed by atoms with Crippen LogP contribution in [0.2, 0.25) is 5.02 Å². The van der Waals surface area contributed by atoms with Crippen LogP contribution in [-0.2, 0) is 0 Å². The zero-order valence-corrected chi connectivity index (χ0v) is 17.5. The molecule has 3 rings (SSSR count). The number of thioether (sulfide) groups is 1. The van der Waals surface area contributed by atoms with Crippen molar-refractivity contribution in [3.05, 3.63) is 57.7 Å². The predicted octanol–water partition coefficient (Wildman–Crippen LogP) is 3.43. The van der Waals surface area contributed by atoms with E-state index in [0.29, 0.717) is 0 Å². The molecule has 2 aromatic rings. The van der Waals surface area contributed by atoms with Gasteiger partial charge in [0.1, 0.15) is 0 Å². The molecule has 1 aromatic heterocycles. The standard InChI is InChI=1S/C18H20ClN5O2S2/c19-14-1-4-16(5-2-14)28-12-7-20-18(27)23-10-8-22(9-11-23)15-3-6-17(21-13-15)24(25)26/h1-6,13H,7-12H2,(H,20,27). The monoisotopic (exact) mass is 437 g/mol. The van der Waals surface area contributed by atoms with Crippen molar-refractivity contribution >= 4 is 52.2 Å². The smallest absolute Gasteiger partial charge is 0.363 e. The Hall–Kier alpha value is -2.10. The maximum Gasteiger partial charge on any atom is 0.363 e. The van der Waals surface area contributed by atoms with Gasteiger partial charge in [0.15, 0.2) is 11.3 Å². The van der Waals surface area contributed by atoms with Gasteiger partial charge in [-0.05, 0) is 52.5 Å². The fraction of sp³-hybridized carbons (Fsp3) is 0.333. The highest BCUT2D eigenvalue weighted by atomic mass is 35.5. The minimum absolute atomic E-state index is 0.135. The van der Waals surface area contributed by atoms with E-state index in [2.05, 4.69) is 20.1 Å². The van der Waals surface area contributed by atoms with Crippen LogP contribution in [0.15, 0.2) is 47.5 Å². The summed E-state index contributed by atoms with van der Waals surface area (Å²) in [5.74, 6) is 0.778. The molecule has 148 valence electrons. The number of halogens is 1. The third-order valence-electron chi connectivity index (χ3n) is 4.31. The van der Waals surface area contributed by atoms with Crippen LogP contribution in [0.3, 0.4) is 0 Å². The Bertz CT molecular complexity index is 812. The lowest BCUT2D eigenvalue weighted by Crippen LogP contribution is -2.52. The molecule has 7 nitrogen and oxygen atoms in total. The van der Waals surface area contributed by atoms with Crippen molar-refractivity contribution in [2.45, 2.75) is 4.90 Å². The van der Waals surface area contributed by atoms with Crippen LogP contribution in [0.5, 0.6) is 0 Å². The van der Waals surface area contributed by atoms with Crippen molar-refractivity contribution < 1.29 is 4.92 Å². The first-order valence-electron chi connectivity index (χ1n) is 8.79. The highest BCUT2D eigenvalue weighted by Crippen LogP contribution is 2.20. The lowest BCUT2D eigenvalue weighted by molar-refractivity contribution is -0.389. The van der Waals surface area contributed by atoms with E-state index >= 15 is 0 Å². The van der Waals surface area contributed by atoms with E-state index in [0.717, 1.165) is 54.3 Å². The molecule has 28 heavy (non-hydrogen) atoms. The Labute approximate surface area is 178 Å². The molecule has 10 heteroatoms. The number of thiocarbonyl (C=S) groups is 1. The van der Waals surface area contributed by atoms with E-state index in [1.54, 1.807) is 24.0 Å². The molecule has 0 unspecified atom stereocenters. The lowest BCUT2D eigenvalue weighted by atomic mass is 10.3. The van der Waals surface area contributed by atoms with Crippen LogP contribution < -0.4 is 10.2 Å². The number of nitrogens with one attached hydrogen (secondary N) is 1. The topological polar surface area (TPSA) is 74.5 Å². The Morgan fingerprint density at radius 2 is 1.93 bits per heavy atom. The molecule has 0 atom stereocenters. The fourth-order valence-corrected chi connectivity index (χ4v) is 3.99. The number of rotatable bonds is 6. The summed E-state index contributed by atoms with van der Waals surface area (Å²) >= 11 is 13.2. The van der Waals surface area contributed by atoms with Crippen molar-refractivity contribution in [2.24, 2.45) is 0 Å². The van der Waals surface area contributed by atoms with Gasteiger partial charge < -0.3 is 25.2 Å². The van der Waals surface area contributed by atoms with Crippen molar-refractivity contribution in [1.29, 1.82) is 0 Å². The summed E-state index contributed by atoms with van der Waals surface area (Å²) in [4.78, 5) is 19.6. The van der Waals surface area contributed by atoms with Crippen LogP contribution in [0.25, 0.3) is 0 Å². The number of aromatic nitrogens is 1. The van der Waals surface area contributed by atoms with Gasteiger partial charge in [-0.3, -0.25) is 0 Å². The van der Waals surface area contributed by atoms with Crippen molar-refractivity contribution in [2.75, 3.05) is 43.4 Å². The third-order valence-corrected chi connectivity index (χ3v) is 5.98. The molecule has 2 heterocycles. The molecule has 0 aliphatic carbocycles. The highest BCUT2D eigenvalue weighted by Gasteiger charge is 2.20. The number of nitrogens with zero attached hydrogens (tertiary/aromatic N) is 4. The van der Waals surface area contributed by atoms with E-state index in [9.17, 15) is 10.1 Å². The summed E-state index contributed by atoms with van der Waals surface area (Å²) in [6, 6.07) is 11.0. The minimum Gasteiger partial charge on any atom is -0.365 e. The molecule has 0 spiro atoms. The molecule has 1 N–H and O–H groups in total. The van der Waals surface area contributed by atoms with Gasteiger partial charge >= 0.3 is 5.82 Å². The average Bonchev–Trinajstić information content (AvgIpc) is 2.72. The Balaban J connectivity index is 1.38. The van der Waals surface area contributed by atoms with Gasteiger partial charge in [0.25, 0.3) is 0 Å². The summed E-state index contributed by atoms with van der Waals surface area (Å²) in [7, 11) is 0. The van der Waals surface area contributed by atoms with Crippen LogP contribution in [0, 0.1) is 10.1 Å². The first-order chi connectivity index (χ1) is 13.5. The molecular weight excluding hydrogens is 418 g/mol. The normalized spacial score (nSPS) is 14.0. The molecule has 1 fully saturated rings. The zero-order chi connectivity index (χ0) is 19.9. The number of anilines is 1. The van der Waals surface area contributed by atoms with Gasteiger partial charge in [-0.25, -0.2) is 0 Å². The van der Waals surface area contributed by atoms with E-state index < -0.39 is 4.92 Å². The molecule has 0 saturated carbocycles. The molecule has 0 bridgehead atoms. The Morgan fingerprint density at radius 1 is 1.21 bits per heavy atom. The number of hydrogen-bond donors (Lipinski definition) is 1. The van der Waals surface area contributed by atoms with Crippen LogP contribution in [0.4, 0.5) is 11.5 Å². The molecule has 1 saturated heterocycles. The second-order valence-corrected chi connectivity index (χ2v) is 8.13. The first kappa shape index (κ1) is 20.6. The first-order valence-corrected chi connectivity index (χ1v) is 10.6. The average molecular weight is 438 g/mol. The molecule has 1 aliphatic heterocycles. The lowest BCUT2D eigenvalue weighted by Gasteiger charge is -2.36. The number of hydrogen-bond acceptors (Lipinski definition) is 6. The Morgan fingerprint density at radius 3 is 2.54 bits per heavy atom. The van der Waals surface area contributed by atoms with Crippen LogP contribution >= 0.6 is 35.6 Å². The largest absolute Gasteiger partial charge is 0.365 e. The predicted molar refractivity (Wildman–Crippen MR) is 117 cm³/mol.